The Bertz CT molecular complexity index is 2340. The van der Waals surface area contributed by atoms with Crippen LogP contribution in [0.5, 0.6) is 0 Å². The molecule has 318 valence electrons. The molecule has 6 heterocycles. The molecule has 16 heteroatoms. The number of hydrogen-bond donors (Lipinski definition) is 3. The fraction of sp³-hybridized carbons (Fsp3) is 0.422. The zero-order valence-electron chi connectivity index (χ0n) is 35.5. The van der Waals surface area contributed by atoms with Crippen molar-refractivity contribution in [2.24, 2.45) is 5.92 Å². The van der Waals surface area contributed by atoms with Gasteiger partial charge in [0, 0.05) is 87.2 Å². The molecule has 3 saturated heterocycles. The SMILES string of the molecule is Cc1cc(-c2cc(Nc3ccc(N4CCC(CN5CCN(c6ccc(N7CCC(=O)NC7=O)cc6)CC5)CC4)cn3)ncn2)ccc1[C@@H](C)NC(=O)c1nc(C(C)(C)C)no1. The molecule has 0 bridgehead atoms. The van der Waals surface area contributed by atoms with E-state index in [0.29, 0.717) is 36.3 Å². The lowest BCUT2D eigenvalue weighted by Crippen LogP contribution is -2.49. The Labute approximate surface area is 356 Å². The third-order valence-electron chi connectivity index (χ3n) is 11.8. The molecule has 0 unspecified atom stereocenters. The van der Waals surface area contributed by atoms with Crippen molar-refractivity contribution in [3.63, 3.8) is 0 Å². The van der Waals surface area contributed by atoms with Crippen LogP contribution in [-0.4, -0.2) is 100 Å². The summed E-state index contributed by atoms with van der Waals surface area (Å²) in [5, 5.41) is 12.7. The van der Waals surface area contributed by atoms with Gasteiger partial charge in [-0.1, -0.05) is 38.1 Å². The number of carbonyl (C=O) groups is 3. The van der Waals surface area contributed by atoms with Gasteiger partial charge in [-0.15, -0.1) is 0 Å². The average Bonchev–Trinajstić information content (AvgIpc) is 3.77. The molecule has 5 aromatic rings. The minimum atomic E-state index is -0.412. The summed E-state index contributed by atoms with van der Waals surface area (Å²) in [6.45, 7) is 17.4. The van der Waals surface area contributed by atoms with Crippen LogP contribution < -0.4 is 30.7 Å². The van der Waals surface area contributed by atoms with Gasteiger partial charge in [0.1, 0.15) is 18.0 Å². The quantitative estimate of drug-likeness (QED) is 0.136. The van der Waals surface area contributed by atoms with E-state index < -0.39 is 5.91 Å². The van der Waals surface area contributed by atoms with Crippen molar-refractivity contribution >= 4 is 46.5 Å². The van der Waals surface area contributed by atoms with E-state index in [9.17, 15) is 14.4 Å². The van der Waals surface area contributed by atoms with Crippen LogP contribution in [0, 0.1) is 12.8 Å². The van der Waals surface area contributed by atoms with E-state index in [0.717, 1.165) is 98.1 Å². The molecule has 8 rings (SSSR count). The highest BCUT2D eigenvalue weighted by atomic mass is 16.5. The van der Waals surface area contributed by atoms with Gasteiger partial charge in [0.15, 0.2) is 5.82 Å². The minimum absolute atomic E-state index is 0.0508. The molecule has 3 aromatic heterocycles. The molecular formula is C45H54N12O4. The Morgan fingerprint density at radius 3 is 2.25 bits per heavy atom. The molecule has 4 amide bonds. The second-order valence-electron chi connectivity index (χ2n) is 17.2. The van der Waals surface area contributed by atoms with Crippen LogP contribution >= 0.6 is 0 Å². The van der Waals surface area contributed by atoms with Crippen molar-refractivity contribution in [3.8, 4) is 11.3 Å². The van der Waals surface area contributed by atoms with E-state index in [2.05, 4.69) is 75.0 Å². The van der Waals surface area contributed by atoms with E-state index in [1.165, 1.54) is 0 Å². The van der Waals surface area contributed by atoms with E-state index in [1.807, 2.05) is 77.2 Å². The first-order chi connectivity index (χ1) is 29.4. The maximum Gasteiger partial charge on any atom is 0.328 e. The molecule has 3 fully saturated rings. The van der Waals surface area contributed by atoms with Gasteiger partial charge in [-0.3, -0.25) is 24.7 Å². The molecule has 16 nitrogen and oxygen atoms in total. The van der Waals surface area contributed by atoms with Crippen LogP contribution in [0.4, 0.5) is 33.5 Å². The van der Waals surface area contributed by atoms with Gasteiger partial charge < -0.3 is 25.0 Å². The number of amides is 4. The standard InChI is InChI=1S/C45H54N12O4/c1-29-24-32(6-12-36(29)30(2)49-41(59)42-52-43(53-61-42)45(3,4)5)37-25-39(48-28-47-37)50-38-13-11-35(26-46-38)55-17-14-31(15-18-55)27-54-20-22-56(23-21-54)33-7-9-34(10-8-33)57-19-16-40(58)51-44(57)60/h6-13,24-26,28,30-31H,14-23,27H2,1-5H3,(H,49,59)(H,51,58,60)(H,46,47,48,50)/t30-/m1/s1. The number of nitrogens with zero attached hydrogens (tertiary/aromatic N) is 9. The van der Waals surface area contributed by atoms with Crippen LogP contribution in [0.15, 0.2) is 77.7 Å². The number of hydrogen-bond acceptors (Lipinski definition) is 13. The largest absolute Gasteiger partial charge is 0.370 e. The van der Waals surface area contributed by atoms with Crippen LogP contribution in [0.25, 0.3) is 11.3 Å². The van der Waals surface area contributed by atoms with E-state index in [1.54, 1.807) is 11.2 Å². The summed E-state index contributed by atoms with van der Waals surface area (Å²) in [5.41, 5.74) is 6.44. The molecule has 0 radical (unpaired) electrons. The number of aromatic nitrogens is 5. The maximum absolute atomic E-state index is 12.9. The molecule has 0 spiro atoms. The predicted octanol–water partition coefficient (Wildman–Crippen LogP) is 6.25. The zero-order valence-corrected chi connectivity index (χ0v) is 35.5. The number of nitrogens with one attached hydrogen (secondary N) is 3. The first-order valence-corrected chi connectivity index (χ1v) is 21.1. The number of anilines is 5. The van der Waals surface area contributed by atoms with Crippen LogP contribution in [-0.2, 0) is 10.2 Å². The van der Waals surface area contributed by atoms with Crippen molar-refractivity contribution in [3.05, 3.63) is 96.0 Å². The minimum Gasteiger partial charge on any atom is -0.370 e. The topological polar surface area (TPSA) is 178 Å². The predicted molar refractivity (Wildman–Crippen MR) is 234 cm³/mol. The van der Waals surface area contributed by atoms with Crippen LogP contribution in [0.1, 0.15) is 80.6 Å². The lowest BCUT2D eigenvalue weighted by molar-refractivity contribution is -0.120. The van der Waals surface area contributed by atoms with Crippen molar-refractivity contribution in [2.45, 2.75) is 65.3 Å². The number of aryl methyl sites for hydroxylation is 1. The Morgan fingerprint density at radius 1 is 0.852 bits per heavy atom. The number of benzene rings is 2. The number of pyridine rings is 1. The Hall–Kier alpha value is -6.42. The summed E-state index contributed by atoms with van der Waals surface area (Å²) in [6.07, 6.45) is 6.09. The third kappa shape index (κ3) is 9.80. The van der Waals surface area contributed by atoms with Crippen molar-refractivity contribution in [2.75, 3.05) is 72.4 Å². The number of piperazine rings is 1. The molecular weight excluding hydrogens is 773 g/mol. The number of imide groups is 1. The lowest BCUT2D eigenvalue weighted by Gasteiger charge is -2.40. The highest BCUT2D eigenvalue weighted by Crippen LogP contribution is 2.29. The van der Waals surface area contributed by atoms with Gasteiger partial charge in [-0.2, -0.15) is 4.98 Å². The molecule has 61 heavy (non-hydrogen) atoms. The Morgan fingerprint density at radius 2 is 1.57 bits per heavy atom. The monoisotopic (exact) mass is 826 g/mol. The molecule has 0 saturated carbocycles. The number of urea groups is 1. The molecule has 2 aromatic carbocycles. The first-order valence-electron chi connectivity index (χ1n) is 21.1. The van der Waals surface area contributed by atoms with Gasteiger partial charge in [-0.25, -0.2) is 19.7 Å². The molecule has 3 N–H and O–H groups in total. The summed E-state index contributed by atoms with van der Waals surface area (Å²) in [5.74, 6) is 1.81. The Kier molecular flexibility index (Phi) is 12.0. The Balaban J connectivity index is 0.782. The van der Waals surface area contributed by atoms with Crippen molar-refractivity contribution in [1.82, 2.24) is 40.6 Å². The number of rotatable bonds is 11. The second kappa shape index (κ2) is 17.7. The van der Waals surface area contributed by atoms with E-state index in [-0.39, 0.29) is 29.3 Å². The van der Waals surface area contributed by atoms with Gasteiger partial charge in [-0.05, 0) is 86.2 Å². The van der Waals surface area contributed by atoms with Gasteiger partial charge in [0.2, 0.25) is 5.91 Å². The fourth-order valence-corrected chi connectivity index (χ4v) is 8.22. The molecule has 0 aliphatic carbocycles. The normalized spacial score (nSPS) is 17.3. The molecule has 3 aliphatic heterocycles. The summed E-state index contributed by atoms with van der Waals surface area (Å²) in [7, 11) is 0. The number of piperidine rings is 1. The zero-order chi connectivity index (χ0) is 42.7. The summed E-state index contributed by atoms with van der Waals surface area (Å²) in [6, 6.07) is 19.5. The van der Waals surface area contributed by atoms with Gasteiger partial charge >= 0.3 is 17.8 Å². The van der Waals surface area contributed by atoms with E-state index >= 15 is 0 Å². The summed E-state index contributed by atoms with van der Waals surface area (Å²) < 4.78 is 5.22. The van der Waals surface area contributed by atoms with Crippen molar-refractivity contribution in [1.29, 1.82) is 0 Å². The highest BCUT2D eigenvalue weighted by Gasteiger charge is 2.28. The first kappa shape index (κ1) is 41.3. The van der Waals surface area contributed by atoms with Crippen molar-refractivity contribution < 1.29 is 18.9 Å². The van der Waals surface area contributed by atoms with Crippen LogP contribution in [0.3, 0.4) is 0 Å². The van der Waals surface area contributed by atoms with Gasteiger partial charge in [0.25, 0.3) is 0 Å². The third-order valence-corrected chi connectivity index (χ3v) is 11.8. The summed E-state index contributed by atoms with van der Waals surface area (Å²) in [4.78, 5) is 63.6. The second-order valence-corrected chi connectivity index (χ2v) is 17.2. The van der Waals surface area contributed by atoms with E-state index in [4.69, 9.17) is 9.51 Å². The van der Waals surface area contributed by atoms with Crippen LogP contribution in [0.2, 0.25) is 0 Å². The summed E-state index contributed by atoms with van der Waals surface area (Å²) >= 11 is 0. The fourth-order valence-electron chi connectivity index (χ4n) is 8.22. The lowest BCUT2D eigenvalue weighted by atomic mass is 9.95. The smallest absolute Gasteiger partial charge is 0.328 e. The molecule has 1 atom stereocenters. The highest BCUT2D eigenvalue weighted by molar-refractivity contribution is 6.05. The van der Waals surface area contributed by atoms with Gasteiger partial charge in [0.05, 0.1) is 23.6 Å². The number of carbonyl (C=O) groups excluding carboxylic acids is 3. The maximum atomic E-state index is 12.9. The molecule has 3 aliphatic rings. The average molecular weight is 827 g/mol.